The van der Waals surface area contributed by atoms with Crippen LogP contribution in [-0.4, -0.2) is 14.5 Å². The van der Waals surface area contributed by atoms with Crippen LogP contribution in [0.5, 0.6) is 0 Å². The van der Waals surface area contributed by atoms with E-state index in [1.54, 1.807) is 4.57 Å². The zero-order valence-electron chi connectivity index (χ0n) is 9.09. The Balaban J connectivity index is 2.66. The van der Waals surface area contributed by atoms with Gasteiger partial charge in [0.2, 0.25) is 0 Å². The number of rotatable bonds is 1. The van der Waals surface area contributed by atoms with Gasteiger partial charge in [-0.1, -0.05) is 0 Å². The van der Waals surface area contributed by atoms with Crippen LogP contribution >= 0.6 is 22.6 Å². The molecule has 92 valence electrons. The van der Waals surface area contributed by atoms with Crippen LogP contribution in [0.3, 0.4) is 0 Å². The molecule has 0 aliphatic carbocycles. The third-order valence-corrected chi connectivity index (χ3v) is 3.09. The number of fused-ring (bicyclic) bond motifs is 1. The summed E-state index contributed by atoms with van der Waals surface area (Å²) in [6, 6.07) is 1.14. The van der Waals surface area contributed by atoms with E-state index in [0.29, 0.717) is 9.48 Å². The van der Waals surface area contributed by atoms with E-state index in [-0.39, 0.29) is 11.6 Å². The lowest BCUT2D eigenvalue weighted by molar-refractivity contribution is -0.137. The molecule has 0 saturated heterocycles. The van der Waals surface area contributed by atoms with E-state index < -0.39 is 11.7 Å². The van der Waals surface area contributed by atoms with Crippen molar-refractivity contribution in [2.24, 2.45) is 0 Å². The van der Waals surface area contributed by atoms with Crippen molar-refractivity contribution in [3.8, 4) is 0 Å². The molecule has 0 aliphatic rings. The zero-order valence-corrected chi connectivity index (χ0v) is 11.2. The van der Waals surface area contributed by atoms with Gasteiger partial charge in [0.1, 0.15) is 5.52 Å². The Morgan fingerprint density at radius 1 is 1.35 bits per heavy atom. The van der Waals surface area contributed by atoms with E-state index in [1.807, 2.05) is 36.4 Å². The molecule has 0 unspecified atom stereocenters. The molecule has 0 spiro atoms. The summed E-state index contributed by atoms with van der Waals surface area (Å²) >= 11 is 1.99. The number of halogens is 4. The number of nitrogens with zero attached hydrogens (tertiary/aromatic N) is 3. The quantitative estimate of drug-likeness (QED) is 0.732. The van der Waals surface area contributed by atoms with Crippen LogP contribution in [0.4, 0.5) is 13.2 Å². The van der Waals surface area contributed by atoms with E-state index in [1.165, 1.54) is 0 Å². The summed E-state index contributed by atoms with van der Waals surface area (Å²) in [5, 5.41) is 0. The maximum atomic E-state index is 12.5. The van der Waals surface area contributed by atoms with Gasteiger partial charge < -0.3 is 4.57 Å². The molecule has 0 aliphatic heterocycles. The summed E-state index contributed by atoms with van der Waals surface area (Å²) in [6.45, 7) is 3.87. The van der Waals surface area contributed by atoms with Gasteiger partial charge >= 0.3 is 6.18 Å². The first-order chi connectivity index (χ1) is 7.80. The molecule has 7 heteroatoms. The second-order valence-electron chi connectivity index (χ2n) is 3.91. The highest BCUT2D eigenvalue weighted by atomic mass is 127. The lowest BCUT2D eigenvalue weighted by Crippen LogP contribution is -2.07. The Hall–Kier alpha value is -0.860. The Kier molecular flexibility index (Phi) is 3.04. The van der Waals surface area contributed by atoms with Gasteiger partial charge in [-0.3, -0.25) is 0 Å². The second kappa shape index (κ2) is 4.11. The molecule has 0 aromatic carbocycles. The van der Waals surface area contributed by atoms with Crippen molar-refractivity contribution in [2.45, 2.75) is 26.1 Å². The van der Waals surface area contributed by atoms with Crippen LogP contribution in [0.15, 0.2) is 12.3 Å². The molecule has 0 atom stereocenters. The molecule has 0 amide bonds. The van der Waals surface area contributed by atoms with Crippen molar-refractivity contribution in [1.82, 2.24) is 14.5 Å². The minimum atomic E-state index is -4.38. The van der Waals surface area contributed by atoms with Gasteiger partial charge in [-0.2, -0.15) is 13.2 Å². The molecule has 2 rings (SSSR count). The SMILES string of the molecule is CC(C)n1c(I)nc2cc(C(F)(F)F)cnc21. The van der Waals surface area contributed by atoms with Crippen molar-refractivity contribution in [1.29, 1.82) is 0 Å². The average molecular weight is 355 g/mol. The summed E-state index contributed by atoms with van der Waals surface area (Å²) in [4.78, 5) is 7.96. The second-order valence-corrected chi connectivity index (χ2v) is 4.87. The van der Waals surface area contributed by atoms with Crippen molar-refractivity contribution in [3.63, 3.8) is 0 Å². The Morgan fingerprint density at radius 3 is 2.53 bits per heavy atom. The Bertz CT molecular complexity index is 560. The smallest absolute Gasteiger partial charge is 0.302 e. The largest absolute Gasteiger partial charge is 0.417 e. The predicted octanol–water partition coefficient (Wildman–Crippen LogP) is 3.64. The standard InChI is InChI=1S/C10H9F3IN3/c1-5(2)17-8-7(16-9(17)14)3-6(4-15-8)10(11,12)13/h3-5H,1-2H3. The topological polar surface area (TPSA) is 30.7 Å². The number of hydrogen-bond donors (Lipinski definition) is 0. The maximum Gasteiger partial charge on any atom is 0.417 e. The van der Waals surface area contributed by atoms with Crippen LogP contribution < -0.4 is 0 Å². The lowest BCUT2D eigenvalue weighted by Gasteiger charge is -2.09. The molecule has 2 aromatic heterocycles. The van der Waals surface area contributed by atoms with Gasteiger partial charge in [-0.15, -0.1) is 0 Å². The highest BCUT2D eigenvalue weighted by molar-refractivity contribution is 14.1. The normalized spacial score (nSPS) is 12.6. The van der Waals surface area contributed by atoms with Crippen molar-refractivity contribution >= 4 is 33.8 Å². The van der Waals surface area contributed by atoms with E-state index in [9.17, 15) is 13.2 Å². The molecular formula is C10H9F3IN3. The van der Waals surface area contributed by atoms with Crippen LogP contribution in [0.25, 0.3) is 11.2 Å². The molecule has 0 fully saturated rings. The minimum absolute atomic E-state index is 0.108. The summed E-state index contributed by atoms with van der Waals surface area (Å²) < 4.78 is 40.0. The summed E-state index contributed by atoms with van der Waals surface area (Å²) in [5.41, 5.74) is -0.00914. The third-order valence-electron chi connectivity index (χ3n) is 2.33. The highest BCUT2D eigenvalue weighted by Gasteiger charge is 2.31. The first-order valence-corrected chi connectivity index (χ1v) is 5.99. The van der Waals surface area contributed by atoms with Gasteiger partial charge in [-0.05, 0) is 19.9 Å². The predicted molar refractivity (Wildman–Crippen MR) is 65.6 cm³/mol. The molecule has 0 radical (unpaired) electrons. The molecular weight excluding hydrogens is 346 g/mol. The number of aromatic nitrogens is 3. The van der Waals surface area contributed by atoms with Crippen molar-refractivity contribution in [2.75, 3.05) is 0 Å². The van der Waals surface area contributed by atoms with Gasteiger partial charge in [0.05, 0.1) is 5.56 Å². The molecule has 0 bridgehead atoms. The average Bonchev–Trinajstić information content (AvgIpc) is 2.50. The fourth-order valence-electron chi connectivity index (χ4n) is 1.57. The third kappa shape index (κ3) is 2.24. The summed E-state index contributed by atoms with van der Waals surface area (Å²) in [5.74, 6) is 0. The summed E-state index contributed by atoms with van der Waals surface area (Å²) in [7, 11) is 0. The molecule has 0 saturated carbocycles. The van der Waals surface area contributed by atoms with E-state index in [2.05, 4.69) is 9.97 Å². The van der Waals surface area contributed by atoms with Crippen molar-refractivity contribution in [3.05, 3.63) is 21.7 Å². The van der Waals surface area contributed by atoms with Crippen LogP contribution in [-0.2, 0) is 6.18 Å². The van der Waals surface area contributed by atoms with Gasteiger partial charge in [0, 0.05) is 34.8 Å². The minimum Gasteiger partial charge on any atom is -0.302 e. The van der Waals surface area contributed by atoms with E-state index in [0.717, 1.165) is 12.3 Å². The van der Waals surface area contributed by atoms with Gasteiger partial charge in [-0.25, -0.2) is 9.97 Å². The zero-order chi connectivity index (χ0) is 12.8. The molecule has 17 heavy (non-hydrogen) atoms. The maximum absolute atomic E-state index is 12.5. The summed E-state index contributed by atoms with van der Waals surface area (Å²) in [6.07, 6.45) is -3.53. The fraction of sp³-hybridized carbons (Fsp3) is 0.400. The molecule has 2 heterocycles. The van der Waals surface area contributed by atoms with Crippen molar-refractivity contribution < 1.29 is 13.2 Å². The van der Waals surface area contributed by atoms with Crippen LogP contribution in [0.2, 0.25) is 0 Å². The molecule has 3 nitrogen and oxygen atoms in total. The number of imidazole rings is 1. The number of pyridine rings is 1. The Labute approximate surface area is 109 Å². The highest BCUT2D eigenvalue weighted by Crippen LogP contribution is 2.31. The van der Waals surface area contributed by atoms with E-state index in [4.69, 9.17) is 0 Å². The lowest BCUT2D eigenvalue weighted by atomic mass is 10.2. The van der Waals surface area contributed by atoms with Crippen LogP contribution in [0.1, 0.15) is 25.5 Å². The van der Waals surface area contributed by atoms with E-state index >= 15 is 0 Å². The number of alkyl halides is 3. The first kappa shape index (κ1) is 12.6. The number of hydrogen-bond acceptors (Lipinski definition) is 2. The molecule has 0 N–H and O–H groups in total. The molecule has 2 aromatic rings. The van der Waals surface area contributed by atoms with Gasteiger partial charge in [0.25, 0.3) is 0 Å². The fourth-order valence-corrected chi connectivity index (χ4v) is 2.61. The monoisotopic (exact) mass is 355 g/mol. The Morgan fingerprint density at radius 2 is 2.00 bits per heavy atom. The van der Waals surface area contributed by atoms with Crippen LogP contribution in [0, 0.1) is 3.83 Å². The van der Waals surface area contributed by atoms with Gasteiger partial charge in [0.15, 0.2) is 9.48 Å². The first-order valence-electron chi connectivity index (χ1n) is 4.91.